The molecule has 0 unspecified atom stereocenters. The van der Waals surface area contributed by atoms with Gasteiger partial charge in [0.05, 0.1) is 21.9 Å². The highest BCUT2D eigenvalue weighted by atomic mass is 35.5. The largest absolute Gasteiger partial charge is 0.334 e. The predicted octanol–water partition coefficient (Wildman–Crippen LogP) is 3.86. The highest BCUT2D eigenvalue weighted by Gasteiger charge is 2.23. The predicted molar refractivity (Wildman–Crippen MR) is 111 cm³/mol. The van der Waals surface area contributed by atoms with Gasteiger partial charge >= 0.3 is 11.8 Å². The van der Waals surface area contributed by atoms with Gasteiger partial charge in [0.2, 0.25) is 0 Å². The van der Waals surface area contributed by atoms with Crippen molar-refractivity contribution in [3.05, 3.63) is 51.3 Å². The van der Waals surface area contributed by atoms with Gasteiger partial charge in [-0.1, -0.05) is 29.3 Å². The molecule has 0 spiro atoms. The number of nitrogens with zero attached hydrogens (tertiary/aromatic N) is 3. The Morgan fingerprint density at radius 3 is 2.57 bits per heavy atom. The van der Waals surface area contributed by atoms with Gasteiger partial charge in [0, 0.05) is 30.0 Å². The van der Waals surface area contributed by atoms with Crippen molar-refractivity contribution in [2.24, 2.45) is 5.10 Å². The van der Waals surface area contributed by atoms with Gasteiger partial charge in [-0.2, -0.15) is 5.10 Å². The first-order valence-electron chi connectivity index (χ1n) is 9.15. The summed E-state index contributed by atoms with van der Waals surface area (Å²) in [7, 11) is 0. The lowest BCUT2D eigenvalue weighted by Crippen LogP contribution is -2.43. The van der Waals surface area contributed by atoms with Gasteiger partial charge in [-0.25, -0.2) is 5.43 Å². The normalized spacial score (nSPS) is 14.5. The monoisotopic (exact) mass is 420 g/mol. The van der Waals surface area contributed by atoms with Crippen LogP contribution in [0.15, 0.2) is 29.4 Å². The number of aryl methyl sites for hydroxylation is 1. The Bertz CT molecular complexity index is 931. The molecule has 148 valence electrons. The second kappa shape index (κ2) is 8.80. The van der Waals surface area contributed by atoms with Crippen molar-refractivity contribution in [2.75, 3.05) is 13.1 Å². The van der Waals surface area contributed by atoms with E-state index >= 15 is 0 Å². The molecule has 0 atom stereocenters. The maximum atomic E-state index is 12.1. The lowest BCUT2D eigenvalue weighted by atomic mass is 10.1. The van der Waals surface area contributed by atoms with Crippen LogP contribution in [-0.2, 0) is 9.59 Å². The molecule has 6 nitrogen and oxygen atoms in total. The molecule has 1 fully saturated rings. The molecule has 8 heteroatoms. The summed E-state index contributed by atoms with van der Waals surface area (Å²) < 4.78 is 1.97. The fraction of sp³-hybridized carbons (Fsp3) is 0.350. The lowest BCUT2D eigenvalue weighted by molar-refractivity contribution is -0.146. The molecule has 1 aliphatic rings. The average molecular weight is 421 g/mol. The first-order chi connectivity index (χ1) is 13.4. The van der Waals surface area contributed by atoms with E-state index in [1.807, 2.05) is 36.6 Å². The maximum absolute atomic E-state index is 12.1. The molecule has 1 aliphatic heterocycles. The van der Waals surface area contributed by atoms with Crippen LogP contribution in [0.5, 0.6) is 0 Å². The average Bonchev–Trinajstić information content (AvgIpc) is 2.97. The Morgan fingerprint density at radius 1 is 1.14 bits per heavy atom. The summed E-state index contributed by atoms with van der Waals surface area (Å²) >= 11 is 12.5. The van der Waals surface area contributed by atoms with Crippen molar-refractivity contribution >= 4 is 41.2 Å². The third kappa shape index (κ3) is 4.23. The number of carbonyl (C=O) groups excluding carboxylic acids is 2. The number of hydrogen-bond acceptors (Lipinski definition) is 3. The smallest absolute Gasteiger partial charge is 0.329 e. The number of aromatic nitrogens is 1. The van der Waals surface area contributed by atoms with Crippen molar-refractivity contribution in [3.63, 3.8) is 0 Å². The van der Waals surface area contributed by atoms with E-state index < -0.39 is 11.8 Å². The first-order valence-corrected chi connectivity index (χ1v) is 9.91. The van der Waals surface area contributed by atoms with Crippen molar-refractivity contribution < 1.29 is 9.59 Å². The van der Waals surface area contributed by atoms with Crippen molar-refractivity contribution in [2.45, 2.75) is 33.1 Å². The second-order valence-electron chi connectivity index (χ2n) is 6.79. The van der Waals surface area contributed by atoms with Crippen LogP contribution in [0.3, 0.4) is 0 Å². The number of likely N-dealkylation sites (tertiary alicyclic amines) is 1. The van der Waals surface area contributed by atoms with E-state index in [2.05, 4.69) is 10.5 Å². The van der Waals surface area contributed by atoms with Crippen LogP contribution >= 0.6 is 23.2 Å². The van der Waals surface area contributed by atoms with Crippen LogP contribution in [0.25, 0.3) is 5.69 Å². The number of rotatable bonds is 3. The highest BCUT2D eigenvalue weighted by molar-refractivity contribution is 6.43. The fourth-order valence-electron chi connectivity index (χ4n) is 3.40. The third-order valence-corrected chi connectivity index (χ3v) is 5.66. The molecule has 3 rings (SSSR count). The van der Waals surface area contributed by atoms with Crippen molar-refractivity contribution in [1.29, 1.82) is 0 Å². The molecule has 1 saturated heterocycles. The molecule has 0 aliphatic carbocycles. The number of hydrazone groups is 1. The molecule has 0 radical (unpaired) electrons. The van der Waals surface area contributed by atoms with E-state index in [-0.39, 0.29) is 0 Å². The van der Waals surface area contributed by atoms with Crippen LogP contribution in [0.4, 0.5) is 0 Å². The zero-order valence-corrected chi connectivity index (χ0v) is 17.3. The van der Waals surface area contributed by atoms with Crippen LogP contribution in [0.2, 0.25) is 10.0 Å². The number of nitrogens with one attached hydrogen (secondary N) is 1. The zero-order chi connectivity index (χ0) is 20.3. The summed E-state index contributed by atoms with van der Waals surface area (Å²) in [6.07, 6.45) is 4.48. The minimum atomic E-state index is -0.718. The Balaban J connectivity index is 1.74. The van der Waals surface area contributed by atoms with Gasteiger partial charge in [0.25, 0.3) is 0 Å². The number of amides is 2. The number of piperidine rings is 1. The molecule has 1 aromatic heterocycles. The summed E-state index contributed by atoms with van der Waals surface area (Å²) in [6, 6.07) is 7.38. The van der Waals surface area contributed by atoms with Gasteiger partial charge in [0.15, 0.2) is 0 Å². The summed E-state index contributed by atoms with van der Waals surface area (Å²) in [5.41, 5.74) is 5.74. The number of carbonyl (C=O) groups is 2. The van der Waals surface area contributed by atoms with Crippen LogP contribution in [0.1, 0.15) is 36.2 Å². The molecule has 28 heavy (non-hydrogen) atoms. The van der Waals surface area contributed by atoms with Gasteiger partial charge in [-0.3, -0.25) is 9.59 Å². The Labute approximate surface area is 174 Å². The third-order valence-electron chi connectivity index (χ3n) is 4.85. The Kier molecular flexibility index (Phi) is 6.42. The summed E-state index contributed by atoms with van der Waals surface area (Å²) in [6.45, 7) is 5.11. The first kappa shape index (κ1) is 20.4. The van der Waals surface area contributed by atoms with Crippen molar-refractivity contribution in [1.82, 2.24) is 14.9 Å². The molecular formula is C20H22Cl2N4O2. The molecule has 1 N–H and O–H groups in total. The number of hydrogen-bond donors (Lipinski definition) is 1. The van der Waals surface area contributed by atoms with Crippen molar-refractivity contribution in [3.8, 4) is 5.69 Å². The molecule has 1 aromatic carbocycles. The summed E-state index contributed by atoms with van der Waals surface area (Å²) in [5, 5.41) is 4.91. The van der Waals surface area contributed by atoms with Gasteiger partial charge in [-0.05, 0) is 51.3 Å². The molecule has 2 amide bonds. The number of benzene rings is 1. The SMILES string of the molecule is Cc1cc(/C=N\NC(=O)C(=O)N2CCCCC2)c(C)n1-c1cccc(Cl)c1Cl. The molecule has 0 saturated carbocycles. The molecular weight excluding hydrogens is 399 g/mol. The van der Waals surface area contributed by atoms with E-state index in [0.717, 1.165) is 41.9 Å². The van der Waals surface area contributed by atoms with Crippen LogP contribution in [-0.4, -0.2) is 40.6 Å². The Morgan fingerprint density at radius 2 is 1.86 bits per heavy atom. The maximum Gasteiger partial charge on any atom is 0.329 e. The van der Waals surface area contributed by atoms with E-state index in [1.165, 1.54) is 6.21 Å². The summed E-state index contributed by atoms with van der Waals surface area (Å²) in [5.74, 6) is -1.25. The standard InChI is InChI=1S/C20H22Cl2N4O2/c1-13-11-15(14(2)26(13)17-8-6-7-16(21)18(17)22)12-23-24-19(27)20(28)25-9-4-3-5-10-25/h6-8,11-12H,3-5,9-10H2,1-2H3,(H,24,27)/b23-12-. The highest BCUT2D eigenvalue weighted by Crippen LogP contribution is 2.31. The van der Waals surface area contributed by atoms with Crippen LogP contribution in [0, 0.1) is 13.8 Å². The van der Waals surface area contributed by atoms with E-state index in [9.17, 15) is 9.59 Å². The molecule has 0 bridgehead atoms. The molecule has 2 heterocycles. The van der Waals surface area contributed by atoms with Gasteiger partial charge < -0.3 is 9.47 Å². The number of halogens is 2. The Hall–Kier alpha value is -2.31. The van der Waals surface area contributed by atoms with Gasteiger partial charge in [0.1, 0.15) is 0 Å². The fourth-order valence-corrected chi connectivity index (χ4v) is 3.78. The minimum absolute atomic E-state index is 0.467. The van der Waals surface area contributed by atoms with Gasteiger partial charge in [-0.15, -0.1) is 0 Å². The van der Waals surface area contributed by atoms with E-state index in [1.54, 1.807) is 11.0 Å². The summed E-state index contributed by atoms with van der Waals surface area (Å²) in [4.78, 5) is 25.7. The minimum Gasteiger partial charge on any atom is -0.334 e. The topological polar surface area (TPSA) is 66.7 Å². The van der Waals surface area contributed by atoms with E-state index in [0.29, 0.717) is 23.1 Å². The van der Waals surface area contributed by atoms with E-state index in [4.69, 9.17) is 23.2 Å². The second-order valence-corrected chi connectivity index (χ2v) is 7.57. The molecule has 2 aromatic rings. The lowest BCUT2D eigenvalue weighted by Gasteiger charge is -2.25. The van der Waals surface area contributed by atoms with Crippen LogP contribution < -0.4 is 5.43 Å². The zero-order valence-electron chi connectivity index (χ0n) is 15.8. The quantitative estimate of drug-likeness (QED) is 0.465.